The zero-order valence-electron chi connectivity index (χ0n) is 18.2. The molecule has 0 bridgehead atoms. The summed E-state index contributed by atoms with van der Waals surface area (Å²) in [6.07, 6.45) is 2.51. The average molecular weight is 477 g/mol. The first-order chi connectivity index (χ1) is 15.5. The van der Waals surface area contributed by atoms with E-state index >= 15 is 0 Å². The van der Waals surface area contributed by atoms with Gasteiger partial charge in [-0.05, 0) is 18.6 Å². The molecule has 0 spiro atoms. The number of nitrogens with zero attached hydrogens (tertiary/aromatic N) is 5. The molecule has 0 saturated heterocycles. The van der Waals surface area contributed by atoms with Gasteiger partial charge in [-0.15, -0.1) is 27.0 Å². The molecule has 0 fully saturated rings. The fourth-order valence-corrected chi connectivity index (χ4v) is 4.29. The Morgan fingerprint density at radius 3 is 2.44 bits per heavy atom. The van der Waals surface area contributed by atoms with Crippen molar-refractivity contribution in [3.8, 4) is 28.6 Å². The number of thioether (sulfide) groups is 1. The summed E-state index contributed by atoms with van der Waals surface area (Å²) in [4.78, 5) is 12.3. The molecule has 0 radical (unpaired) electrons. The molecule has 0 aliphatic heterocycles. The van der Waals surface area contributed by atoms with Gasteiger partial charge >= 0.3 is 0 Å². The summed E-state index contributed by atoms with van der Waals surface area (Å²) in [5, 5.41) is 21.3. The summed E-state index contributed by atoms with van der Waals surface area (Å²) in [6, 6.07) is 3.60. The average Bonchev–Trinajstić information content (AvgIpc) is 3.43. The number of methoxy groups -OCH3 is 3. The monoisotopic (exact) mass is 476 g/mol. The number of carbonyl (C=O) groups excluding carboxylic acids is 1. The third kappa shape index (κ3) is 5.19. The number of allylic oxidation sites excluding steroid dienone is 1. The number of nitrogens with one attached hydrogen (secondary N) is 1. The number of anilines is 1. The van der Waals surface area contributed by atoms with E-state index in [2.05, 4.69) is 32.3 Å². The maximum Gasteiger partial charge on any atom is 0.236 e. The second kappa shape index (κ2) is 11.0. The molecule has 32 heavy (non-hydrogen) atoms. The molecule has 2 aromatic heterocycles. The molecule has 3 rings (SSSR count). The van der Waals surface area contributed by atoms with E-state index in [4.69, 9.17) is 14.2 Å². The highest BCUT2D eigenvalue weighted by Crippen LogP contribution is 2.41. The minimum Gasteiger partial charge on any atom is -0.493 e. The second-order valence-corrected chi connectivity index (χ2v) is 8.32. The number of hydrogen-bond acceptors (Lipinski definition) is 10. The Morgan fingerprint density at radius 1 is 1.16 bits per heavy atom. The number of aromatic nitrogens is 5. The van der Waals surface area contributed by atoms with Crippen LogP contribution in [0.25, 0.3) is 11.4 Å². The van der Waals surface area contributed by atoms with E-state index < -0.39 is 0 Å². The van der Waals surface area contributed by atoms with Crippen LogP contribution in [-0.4, -0.2) is 58.0 Å². The van der Waals surface area contributed by atoms with Gasteiger partial charge in [0.2, 0.25) is 16.8 Å². The van der Waals surface area contributed by atoms with Crippen molar-refractivity contribution in [3.05, 3.63) is 29.8 Å². The summed E-state index contributed by atoms with van der Waals surface area (Å²) in [6.45, 7) is 6.26. The normalized spacial score (nSPS) is 10.6. The molecule has 0 saturated carbocycles. The fourth-order valence-electron chi connectivity index (χ4n) is 2.85. The zero-order valence-corrected chi connectivity index (χ0v) is 19.9. The van der Waals surface area contributed by atoms with Crippen LogP contribution in [-0.2, 0) is 17.8 Å². The van der Waals surface area contributed by atoms with Crippen LogP contribution in [0.3, 0.4) is 0 Å². The first-order valence-electron chi connectivity index (χ1n) is 9.64. The van der Waals surface area contributed by atoms with Crippen molar-refractivity contribution in [3.63, 3.8) is 0 Å². The number of benzene rings is 1. The van der Waals surface area contributed by atoms with E-state index in [1.165, 1.54) is 23.1 Å². The van der Waals surface area contributed by atoms with Crippen molar-refractivity contribution >= 4 is 34.1 Å². The molecular formula is C20H24N6O4S2. The zero-order chi connectivity index (χ0) is 23.1. The van der Waals surface area contributed by atoms with E-state index in [9.17, 15) is 4.79 Å². The largest absolute Gasteiger partial charge is 0.493 e. The predicted octanol–water partition coefficient (Wildman–Crippen LogP) is 3.30. The summed E-state index contributed by atoms with van der Waals surface area (Å²) in [5.74, 6) is 2.04. The van der Waals surface area contributed by atoms with Gasteiger partial charge in [0.15, 0.2) is 22.5 Å². The van der Waals surface area contributed by atoms with E-state index in [-0.39, 0.29) is 11.7 Å². The lowest BCUT2D eigenvalue weighted by Crippen LogP contribution is -2.14. The molecule has 1 N–H and O–H groups in total. The van der Waals surface area contributed by atoms with Gasteiger partial charge in [-0.25, -0.2) is 0 Å². The van der Waals surface area contributed by atoms with Crippen LogP contribution in [0.2, 0.25) is 0 Å². The minimum atomic E-state index is -0.198. The van der Waals surface area contributed by atoms with Crippen LogP contribution >= 0.6 is 23.1 Å². The summed E-state index contributed by atoms with van der Waals surface area (Å²) < 4.78 is 18.1. The molecular weight excluding hydrogens is 452 g/mol. The molecule has 2 heterocycles. The Hall–Kier alpha value is -3.12. The Bertz CT molecular complexity index is 1070. The van der Waals surface area contributed by atoms with Gasteiger partial charge in [0.1, 0.15) is 5.01 Å². The van der Waals surface area contributed by atoms with Gasteiger partial charge in [-0.2, -0.15) is 0 Å². The number of hydrogen-bond donors (Lipinski definition) is 1. The molecule has 170 valence electrons. The third-order valence-corrected chi connectivity index (χ3v) is 6.25. The number of carbonyl (C=O) groups is 1. The smallest absolute Gasteiger partial charge is 0.236 e. The highest BCUT2D eigenvalue weighted by Gasteiger charge is 2.20. The quantitative estimate of drug-likeness (QED) is 0.329. The highest BCUT2D eigenvalue weighted by molar-refractivity contribution is 7.99. The lowest BCUT2D eigenvalue weighted by Gasteiger charge is -2.14. The first-order valence-corrected chi connectivity index (χ1v) is 11.4. The Balaban J connectivity index is 1.82. The third-order valence-electron chi connectivity index (χ3n) is 4.30. The van der Waals surface area contributed by atoms with Gasteiger partial charge < -0.3 is 14.2 Å². The summed E-state index contributed by atoms with van der Waals surface area (Å²) >= 11 is 2.63. The SMILES string of the molecule is C=CCn1c(SCC(=O)Nc2nnc(CC)s2)nnc1-c1cc(OC)c(OC)c(OC)c1. The predicted molar refractivity (Wildman–Crippen MR) is 124 cm³/mol. The first kappa shape index (κ1) is 23.5. The lowest BCUT2D eigenvalue weighted by atomic mass is 10.1. The molecule has 3 aromatic rings. The maximum absolute atomic E-state index is 12.3. The Morgan fingerprint density at radius 2 is 1.88 bits per heavy atom. The van der Waals surface area contributed by atoms with Crippen LogP contribution in [0.5, 0.6) is 17.2 Å². The Labute approximate surface area is 194 Å². The topological polar surface area (TPSA) is 113 Å². The number of amides is 1. The van der Waals surface area contributed by atoms with Crippen LogP contribution in [0.15, 0.2) is 29.9 Å². The molecule has 1 aromatic carbocycles. The van der Waals surface area contributed by atoms with Crippen LogP contribution in [0, 0.1) is 0 Å². The van der Waals surface area contributed by atoms with E-state index in [0.717, 1.165) is 17.0 Å². The van der Waals surface area contributed by atoms with Gasteiger partial charge in [0, 0.05) is 12.1 Å². The van der Waals surface area contributed by atoms with Crippen molar-refractivity contribution in [1.29, 1.82) is 0 Å². The molecule has 0 aliphatic carbocycles. The van der Waals surface area contributed by atoms with Crippen LogP contribution < -0.4 is 19.5 Å². The lowest BCUT2D eigenvalue weighted by molar-refractivity contribution is -0.113. The number of rotatable bonds is 11. The fraction of sp³-hybridized carbons (Fsp3) is 0.350. The van der Waals surface area contributed by atoms with Gasteiger partial charge in [-0.3, -0.25) is 14.7 Å². The number of aryl methyl sites for hydroxylation is 1. The molecule has 0 aliphatic rings. The molecule has 12 heteroatoms. The Kier molecular flexibility index (Phi) is 8.06. The maximum atomic E-state index is 12.3. The summed E-state index contributed by atoms with van der Waals surface area (Å²) in [7, 11) is 4.65. The van der Waals surface area contributed by atoms with Crippen LogP contribution in [0.4, 0.5) is 5.13 Å². The van der Waals surface area contributed by atoms with Gasteiger partial charge in [0.05, 0.1) is 27.1 Å². The van der Waals surface area contributed by atoms with E-state index in [0.29, 0.717) is 39.9 Å². The van der Waals surface area contributed by atoms with Crippen molar-refractivity contribution in [2.24, 2.45) is 0 Å². The van der Waals surface area contributed by atoms with Crippen molar-refractivity contribution in [2.45, 2.75) is 25.0 Å². The standard InChI is InChI=1S/C20H24N6O4S2/c1-6-8-26-18(12-9-13(28-3)17(30-5)14(10-12)29-4)23-25-20(26)31-11-15(27)21-19-24-22-16(7-2)32-19/h6,9-10H,1,7-8,11H2,2-5H3,(H,21,24,27). The van der Waals surface area contributed by atoms with E-state index in [1.807, 2.05) is 11.5 Å². The summed E-state index contributed by atoms with van der Waals surface area (Å²) in [5.41, 5.74) is 0.728. The van der Waals surface area contributed by atoms with Crippen molar-refractivity contribution in [2.75, 3.05) is 32.4 Å². The van der Waals surface area contributed by atoms with Crippen molar-refractivity contribution < 1.29 is 19.0 Å². The van der Waals surface area contributed by atoms with E-state index in [1.54, 1.807) is 39.5 Å². The molecule has 0 unspecified atom stereocenters. The molecule has 0 atom stereocenters. The van der Waals surface area contributed by atoms with Gasteiger partial charge in [0.25, 0.3) is 0 Å². The minimum absolute atomic E-state index is 0.144. The van der Waals surface area contributed by atoms with Crippen molar-refractivity contribution in [1.82, 2.24) is 25.0 Å². The van der Waals surface area contributed by atoms with Crippen LogP contribution in [0.1, 0.15) is 11.9 Å². The van der Waals surface area contributed by atoms with Gasteiger partial charge in [-0.1, -0.05) is 36.1 Å². The molecule has 10 nitrogen and oxygen atoms in total. The number of ether oxygens (including phenoxy) is 3. The second-order valence-electron chi connectivity index (χ2n) is 6.31. The molecule has 1 amide bonds. The highest BCUT2D eigenvalue weighted by atomic mass is 32.2.